The molecule has 1 amide bonds. The number of nitrogens with one attached hydrogen (secondary N) is 1. The Morgan fingerprint density at radius 2 is 2.13 bits per heavy atom. The van der Waals surface area contributed by atoms with Crippen LogP contribution in [0, 0.1) is 0 Å². The van der Waals surface area contributed by atoms with E-state index in [-0.39, 0.29) is 17.2 Å². The average molecular weight is 327 g/mol. The topological polar surface area (TPSA) is 66.1 Å². The van der Waals surface area contributed by atoms with Gasteiger partial charge in [-0.25, -0.2) is 4.98 Å². The summed E-state index contributed by atoms with van der Waals surface area (Å²) in [5.41, 5.74) is 3.89. The Hall–Kier alpha value is -2.08. The van der Waals surface area contributed by atoms with Crippen LogP contribution in [0.15, 0.2) is 34.2 Å². The van der Waals surface area contributed by atoms with E-state index in [4.69, 9.17) is 0 Å². The van der Waals surface area contributed by atoms with Crippen LogP contribution in [0.2, 0.25) is 0 Å². The number of aromatic nitrogens is 2. The zero-order valence-corrected chi connectivity index (χ0v) is 13.5. The molecule has 0 saturated heterocycles. The molecular formula is C17H17N3O2S. The Labute approximate surface area is 138 Å². The summed E-state index contributed by atoms with van der Waals surface area (Å²) in [6.45, 7) is 0.729. The van der Waals surface area contributed by atoms with Crippen LogP contribution in [-0.2, 0) is 24.1 Å². The van der Waals surface area contributed by atoms with Crippen LogP contribution in [0.25, 0.3) is 0 Å². The predicted molar refractivity (Wildman–Crippen MR) is 90.1 cm³/mol. The molecule has 1 aromatic heterocycles. The standard InChI is InChI=1S/C17H17N3O2S/c21-15(20-9-8-11-4-1-2-7-14(11)20)10-23-17-18-13-6-3-5-12(13)16(22)19-17/h1-2,4,7H,3,5-6,8-10H2,(H,18,19,22). The van der Waals surface area contributed by atoms with Gasteiger partial charge >= 0.3 is 0 Å². The minimum absolute atomic E-state index is 0.0473. The zero-order chi connectivity index (χ0) is 15.8. The lowest BCUT2D eigenvalue weighted by Crippen LogP contribution is -2.30. The van der Waals surface area contributed by atoms with Gasteiger partial charge in [0.1, 0.15) is 0 Å². The van der Waals surface area contributed by atoms with Crippen molar-refractivity contribution in [2.75, 3.05) is 17.2 Å². The number of amides is 1. The number of H-pyrrole nitrogens is 1. The van der Waals surface area contributed by atoms with Crippen LogP contribution in [0.4, 0.5) is 5.69 Å². The van der Waals surface area contributed by atoms with Crippen molar-refractivity contribution >= 4 is 23.4 Å². The van der Waals surface area contributed by atoms with E-state index in [1.54, 1.807) is 0 Å². The average Bonchev–Trinajstić information content (AvgIpc) is 3.19. The number of nitrogens with zero attached hydrogens (tertiary/aromatic N) is 2. The number of aryl methyl sites for hydroxylation is 1. The van der Waals surface area contributed by atoms with Crippen LogP contribution in [0.5, 0.6) is 0 Å². The number of anilines is 1. The first-order valence-corrected chi connectivity index (χ1v) is 8.84. The summed E-state index contributed by atoms with van der Waals surface area (Å²) < 4.78 is 0. The van der Waals surface area contributed by atoms with Crippen LogP contribution in [0.3, 0.4) is 0 Å². The van der Waals surface area contributed by atoms with E-state index >= 15 is 0 Å². The Balaban J connectivity index is 1.47. The molecule has 0 unspecified atom stereocenters. The first-order chi connectivity index (χ1) is 11.2. The molecule has 0 fully saturated rings. The third-order valence-corrected chi connectivity index (χ3v) is 5.30. The van der Waals surface area contributed by atoms with Crippen LogP contribution < -0.4 is 10.5 Å². The maximum Gasteiger partial charge on any atom is 0.254 e. The highest BCUT2D eigenvalue weighted by Gasteiger charge is 2.24. The lowest BCUT2D eigenvalue weighted by molar-refractivity contribution is -0.116. The molecule has 2 aromatic rings. The summed E-state index contributed by atoms with van der Waals surface area (Å²) in [5, 5.41) is 0.552. The van der Waals surface area contributed by atoms with E-state index in [1.807, 2.05) is 23.1 Å². The van der Waals surface area contributed by atoms with E-state index < -0.39 is 0 Å². The first kappa shape index (κ1) is 14.5. The van der Waals surface area contributed by atoms with Crippen molar-refractivity contribution in [3.05, 3.63) is 51.4 Å². The van der Waals surface area contributed by atoms with E-state index in [9.17, 15) is 9.59 Å². The van der Waals surface area contributed by atoms with Crippen molar-refractivity contribution in [1.29, 1.82) is 0 Å². The third-order valence-electron chi connectivity index (χ3n) is 4.44. The number of carbonyl (C=O) groups excluding carboxylic acids is 1. The number of fused-ring (bicyclic) bond motifs is 2. The molecule has 1 aliphatic heterocycles. The molecule has 23 heavy (non-hydrogen) atoms. The molecule has 1 aliphatic carbocycles. The SMILES string of the molecule is O=C(CSc1nc2c(c(=O)[nH]1)CCC2)N1CCc2ccccc21. The van der Waals surface area contributed by atoms with Gasteiger partial charge in [-0.2, -0.15) is 0 Å². The molecular weight excluding hydrogens is 310 g/mol. The van der Waals surface area contributed by atoms with E-state index in [0.29, 0.717) is 5.16 Å². The lowest BCUT2D eigenvalue weighted by Gasteiger charge is -2.16. The molecule has 0 bridgehead atoms. The number of hydrogen-bond acceptors (Lipinski definition) is 4. The molecule has 0 spiro atoms. The molecule has 6 heteroatoms. The fourth-order valence-electron chi connectivity index (χ4n) is 3.29. The summed E-state index contributed by atoms with van der Waals surface area (Å²) >= 11 is 1.31. The van der Waals surface area contributed by atoms with E-state index in [1.165, 1.54) is 17.3 Å². The maximum atomic E-state index is 12.5. The van der Waals surface area contributed by atoms with Gasteiger partial charge in [0.15, 0.2) is 5.16 Å². The van der Waals surface area contributed by atoms with Crippen molar-refractivity contribution in [3.8, 4) is 0 Å². The highest BCUT2D eigenvalue weighted by molar-refractivity contribution is 7.99. The van der Waals surface area contributed by atoms with Crippen molar-refractivity contribution in [1.82, 2.24) is 9.97 Å². The van der Waals surface area contributed by atoms with Crippen LogP contribution >= 0.6 is 11.8 Å². The molecule has 5 nitrogen and oxygen atoms in total. The second kappa shape index (κ2) is 5.85. The monoisotopic (exact) mass is 327 g/mol. The molecule has 0 saturated carbocycles. The Bertz CT molecular complexity index is 831. The fraction of sp³-hybridized carbons (Fsp3) is 0.353. The quantitative estimate of drug-likeness (QED) is 0.691. The number of benzene rings is 1. The van der Waals surface area contributed by atoms with Gasteiger partial charge in [-0.05, 0) is 37.3 Å². The van der Waals surface area contributed by atoms with Gasteiger partial charge in [-0.1, -0.05) is 30.0 Å². The van der Waals surface area contributed by atoms with E-state index in [2.05, 4.69) is 16.0 Å². The molecule has 2 aliphatic rings. The Morgan fingerprint density at radius 3 is 3.04 bits per heavy atom. The normalized spacial score (nSPS) is 15.6. The van der Waals surface area contributed by atoms with Gasteiger partial charge in [-0.15, -0.1) is 0 Å². The highest BCUT2D eigenvalue weighted by atomic mass is 32.2. The van der Waals surface area contributed by atoms with Gasteiger partial charge in [0, 0.05) is 17.8 Å². The second-order valence-electron chi connectivity index (χ2n) is 5.86. The molecule has 1 N–H and O–H groups in total. The summed E-state index contributed by atoms with van der Waals surface area (Å²) in [5.74, 6) is 0.346. The summed E-state index contributed by atoms with van der Waals surface area (Å²) in [6, 6.07) is 8.01. The summed E-state index contributed by atoms with van der Waals surface area (Å²) in [4.78, 5) is 33.6. The van der Waals surface area contributed by atoms with Crippen LogP contribution in [0.1, 0.15) is 23.2 Å². The predicted octanol–water partition coefficient (Wildman–Crippen LogP) is 1.94. The minimum atomic E-state index is -0.0473. The number of hydrogen-bond donors (Lipinski definition) is 1. The summed E-state index contributed by atoms with van der Waals surface area (Å²) in [6.07, 6.45) is 3.57. The molecule has 1 aromatic carbocycles. The second-order valence-corrected chi connectivity index (χ2v) is 6.83. The minimum Gasteiger partial charge on any atom is -0.311 e. The van der Waals surface area contributed by atoms with Gasteiger partial charge in [-0.3, -0.25) is 9.59 Å². The Morgan fingerprint density at radius 1 is 1.26 bits per heavy atom. The number of thioether (sulfide) groups is 1. The smallest absolute Gasteiger partial charge is 0.254 e. The van der Waals surface area contributed by atoms with E-state index in [0.717, 1.165) is 49.2 Å². The van der Waals surface area contributed by atoms with Crippen molar-refractivity contribution in [2.24, 2.45) is 0 Å². The van der Waals surface area contributed by atoms with Crippen molar-refractivity contribution in [2.45, 2.75) is 30.8 Å². The number of rotatable bonds is 3. The number of carbonyl (C=O) groups is 1. The highest BCUT2D eigenvalue weighted by Crippen LogP contribution is 2.28. The molecule has 4 rings (SSSR count). The van der Waals surface area contributed by atoms with Gasteiger partial charge in [0.05, 0.1) is 11.4 Å². The largest absolute Gasteiger partial charge is 0.311 e. The first-order valence-electron chi connectivity index (χ1n) is 7.85. The van der Waals surface area contributed by atoms with Gasteiger partial charge < -0.3 is 9.88 Å². The number of para-hydroxylation sites is 1. The molecule has 118 valence electrons. The van der Waals surface area contributed by atoms with Crippen LogP contribution in [-0.4, -0.2) is 28.2 Å². The molecule has 2 heterocycles. The van der Waals surface area contributed by atoms with Crippen molar-refractivity contribution in [3.63, 3.8) is 0 Å². The number of aromatic amines is 1. The zero-order valence-electron chi connectivity index (χ0n) is 12.7. The Kier molecular flexibility index (Phi) is 3.69. The third kappa shape index (κ3) is 2.67. The summed E-state index contributed by atoms with van der Waals surface area (Å²) in [7, 11) is 0. The molecule has 0 atom stereocenters. The molecule has 0 radical (unpaired) electrons. The van der Waals surface area contributed by atoms with Crippen molar-refractivity contribution < 1.29 is 4.79 Å². The fourth-order valence-corrected chi connectivity index (χ4v) is 4.05. The lowest BCUT2D eigenvalue weighted by atomic mass is 10.2. The van der Waals surface area contributed by atoms with Gasteiger partial charge in [0.2, 0.25) is 5.91 Å². The van der Waals surface area contributed by atoms with Gasteiger partial charge in [0.25, 0.3) is 5.56 Å². The maximum absolute atomic E-state index is 12.5.